The molecule has 3 heterocycles. The van der Waals surface area contributed by atoms with Crippen LogP contribution in [0.25, 0.3) is 11.6 Å². The molecule has 0 spiro atoms. The van der Waals surface area contributed by atoms with Gasteiger partial charge in [-0.1, -0.05) is 17.3 Å². The molecule has 0 aliphatic carbocycles. The number of nitrogens with zero attached hydrogens (tertiary/aromatic N) is 3. The highest BCUT2D eigenvalue weighted by Gasteiger charge is 2.36. The highest BCUT2D eigenvalue weighted by molar-refractivity contribution is 5.90. The summed E-state index contributed by atoms with van der Waals surface area (Å²) in [4.78, 5) is 18.3. The van der Waals surface area contributed by atoms with Gasteiger partial charge in [0.2, 0.25) is 11.7 Å². The zero-order chi connectivity index (χ0) is 16.5. The molecule has 4 rings (SSSR count). The van der Waals surface area contributed by atoms with Crippen LogP contribution in [0.3, 0.4) is 0 Å². The molecular weight excluding hydrogens is 308 g/mol. The number of urea groups is 1. The molecule has 2 amide bonds. The quantitative estimate of drug-likeness (QED) is 0.799. The second-order valence-electron chi connectivity index (χ2n) is 5.84. The molecule has 0 unspecified atom stereocenters. The number of hydrogen-bond donors (Lipinski definition) is 1. The first-order valence-corrected chi connectivity index (χ1v) is 7.69. The van der Waals surface area contributed by atoms with Gasteiger partial charge in [-0.25, -0.2) is 4.79 Å². The summed E-state index contributed by atoms with van der Waals surface area (Å²) < 4.78 is 10.5. The highest BCUT2D eigenvalue weighted by atomic mass is 16.5. The highest BCUT2D eigenvalue weighted by Crippen LogP contribution is 2.28. The van der Waals surface area contributed by atoms with Crippen molar-refractivity contribution in [1.82, 2.24) is 15.0 Å². The molecule has 0 atom stereocenters. The number of likely N-dealkylation sites (tertiary alicyclic amines) is 1. The lowest BCUT2D eigenvalue weighted by Gasteiger charge is -2.36. The van der Waals surface area contributed by atoms with E-state index in [1.807, 2.05) is 31.2 Å². The zero-order valence-corrected chi connectivity index (χ0v) is 13.1. The van der Waals surface area contributed by atoms with Crippen LogP contribution in [-0.2, 0) is 0 Å². The Morgan fingerprint density at radius 2 is 2.17 bits per heavy atom. The second kappa shape index (κ2) is 5.84. The summed E-state index contributed by atoms with van der Waals surface area (Å²) >= 11 is 0. The monoisotopic (exact) mass is 324 g/mol. The van der Waals surface area contributed by atoms with Crippen LogP contribution in [0.4, 0.5) is 10.5 Å². The molecule has 1 saturated heterocycles. The predicted octanol–water partition coefficient (Wildman–Crippen LogP) is 3.27. The number of aryl methyl sites for hydroxylation is 1. The van der Waals surface area contributed by atoms with Gasteiger partial charge in [0.15, 0.2) is 5.76 Å². The lowest BCUT2D eigenvalue weighted by atomic mass is 10.0. The van der Waals surface area contributed by atoms with E-state index in [-0.39, 0.29) is 11.9 Å². The fourth-order valence-electron chi connectivity index (χ4n) is 2.63. The number of anilines is 1. The summed E-state index contributed by atoms with van der Waals surface area (Å²) in [5.74, 6) is 1.58. The maximum absolute atomic E-state index is 12.2. The molecule has 7 nitrogen and oxygen atoms in total. The van der Waals surface area contributed by atoms with Crippen molar-refractivity contribution in [3.8, 4) is 11.6 Å². The maximum atomic E-state index is 12.2. The molecule has 0 radical (unpaired) electrons. The van der Waals surface area contributed by atoms with Gasteiger partial charge in [-0.05, 0) is 36.8 Å². The van der Waals surface area contributed by atoms with Crippen molar-refractivity contribution < 1.29 is 13.7 Å². The van der Waals surface area contributed by atoms with E-state index in [4.69, 9.17) is 8.94 Å². The standard InChI is InChI=1S/C17H16N4O3/c1-11-4-2-5-13(8-11)18-17(22)21-9-12(10-21)16-19-15(20-24-16)14-6-3-7-23-14/h2-8,12H,9-10H2,1H3,(H,18,22). The summed E-state index contributed by atoms with van der Waals surface area (Å²) in [6.45, 7) is 3.09. The molecule has 7 heteroatoms. The van der Waals surface area contributed by atoms with Crippen molar-refractivity contribution in [1.29, 1.82) is 0 Å². The SMILES string of the molecule is Cc1cccc(NC(=O)N2CC(c3nc(-c4ccco4)no3)C2)c1. The Morgan fingerprint density at radius 1 is 1.29 bits per heavy atom. The Balaban J connectivity index is 1.35. The molecule has 1 N–H and O–H groups in total. The zero-order valence-electron chi connectivity index (χ0n) is 13.1. The van der Waals surface area contributed by atoms with Crippen LogP contribution in [0, 0.1) is 6.92 Å². The molecule has 2 aromatic heterocycles. The van der Waals surface area contributed by atoms with Crippen LogP contribution < -0.4 is 5.32 Å². The normalized spacial score (nSPS) is 14.5. The summed E-state index contributed by atoms with van der Waals surface area (Å²) in [6.07, 6.45) is 1.56. The van der Waals surface area contributed by atoms with Crippen LogP contribution in [0.1, 0.15) is 17.4 Å². The average Bonchev–Trinajstić information content (AvgIpc) is 3.16. The number of nitrogens with one attached hydrogen (secondary N) is 1. The largest absolute Gasteiger partial charge is 0.461 e. The van der Waals surface area contributed by atoms with Crippen molar-refractivity contribution in [2.45, 2.75) is 12.8 Å². The van der Waals surface area contributed by atoms with Crippen LogP contribution in [-0.4, -0.2) is 34.2 Å². The number of rotatable bonds is 3. The Kier molecular flexibility index (Phi) is 3.53. The molecular formula is C17H16N4O3. The van der Waals surface area contributed by atoms with Crippen molar-refractivity contribution in [3.05, 3.63) is 54.1 Å². The first-order chi connectivity index (χ1) is 11.7. The van der Waals surface area contributed by atoms with Gasteiger partial charge in [-0.15, -0.1) is 0 Å². The molecule has 1 aromatic carbocycles. The van der Waals surface area contributed by atoms with E-state index in [1.165, 1.54) is 0 Å². The third kappa shape index (κ3) is 2.76. The summed E-state index contributed by atoms with van der Waals surface area (Å²) in [5.41, 5.74) is 1.90. The number of amides is 2. The van der Waals surface area contributed by atoms with E-state index >= 15 is 0 Å². The number of carbonyl (C=O) groups excluding carboxylic acids is 1. The molecule has 1 aliphatic heterocycles. The van der Waals surface area contributed by atoms with Gasteiger partial charge in [0.1, 0.15) is 0 Å². The first-order valence-electron chi connectivity index (χ1n) is 7.69. The number of carbonyl (C=O) groups is 1. The van der Waals surface area contributed by atoms with E-state index in [0.29, 0.717) is 30.6 Å². The molecule has 3 aromatic rings. The van der Waals surface area contributed by atoms with E-state index in [0.717, 1.165) is 11.3 Å². The molecule has 0 saturated carbocycles. The van der Waals surface area contributed by atoms with Crippen LogP contribution in [0.2, 0.25) is 0 Å². The minimum atomic E-state index is -0.123. The maximum Gasteiger partial charge on any atom is 0.321 e. The van der Waals surface area contributed by atoms with Gasteiger partial charge in [0, 0.05) is 18.8 Å². The third-order valence-electron chi connectivity index (χ3n) is 3.97. The Morgan fingerprint density at radius 3 is 2.92 bits per heavy atom. The predicted molar refractivity (Wildman–Crippen MR) is 86.5 cm³/mol. The summed E-state index contributed by atoms with van der Waals surface area (Å²) in [5, 5.41) is 6.80. The molecule has 0 bridgehead atoms. The smallest absolute Gasteiger partial charge is 0.321 e. The molecule has 122 valence electrons. The van der Waals surface area contributed by atoms with Gasteiger partial charge in [0.25, 0.3) is 0 Å². The average molecular weight is 324 g/mol. The van der Waals surface area contributed by atoms with E-state index in [9.17, 15) is 4.79 Å². The number of hydrogen-bond acceptors (Lipinski definition) is 5. The Bertz CT molecular complexity index is 850. The first kappa shape index (κ1) is 14.5. The van der Waals surface area contributed by atoms with E-state index in [1.54, 1.807) is 23.3 Å². The van der Waals surface area contributed by atoms with Crippen LogP contribution in [0.5, 0.6) is 0 Å². The number of aromatic nitrogens is 2. The van der Waals surface area contributed by atoms with E-state index in [2.05, 4.69) is 15.5 Å². The molecule has 1 fully saturated rings. The third-order valence-corrected chi connectivity index (χ3v) is 3.97. The Labute approximate surface area is 138 Å². The fraction of sp³-hybridized carbons (Fsp3) is 0.235. The fourth-order valence-corrected chi connectivity index (χ4v) is 2.63. The van der Waals surface area contributed by atoms with Crippen molar-refractivity contribution in [2.75, 3.05) is 18.4 Å². The minimum absolute atomic E-state index is 0.0597. The van der Waals surface area contributed by atoms with Gasteiger partial charge in [-0.3, -0.25) is 0 Å². The molecule has 1 aliphatic rings. The minimum Gasteiger partial charge on any atom is -0.461 e. The van der Waals surface area contributed by atoms with Gasteiger partial charge in [-0.2, -0.15) is 4.98 Å². The van der Waals surface area contributed by atoms with Gasteiger partial charge < -0.3 is 19.2 Å². The lowest BCUT2D eigenvalue weighted by molar-refractivity contribution is 0.147. The second-order valence-corrected chi connectivity index (χ2v) is 5.84. The van der Waals surface area contributed by atoms with Crippen molar-refractivity contribution in [3.63, 3.8) is 0 Å². The Hall–Kier alpha value is -3.09. The molecule has 24 heavy (non-hydrogen) atoms. The van der Waals surface area contributed by atoms with Crippen LogP contribution >= 0.6 is 0 Å². The number of furan rings is 1. The van der Waals surface area contributed by atoms with Crippen molar-refractivity contribution in [2.24, 2.45) is 0 Å². The number of benzene rings is 1. The lowest BCUT2D eigenvalue weighted by Crippen LogP contribution is -2.50. The topological polar surface area (TPSA) is 84.4 Å². The van der Waals surface area contributed by atoms with Crippen LogP contribution in [0.15, 0.2) is 51.6 Å². The van der Waals surface area contributed by atoms with E-state index < -0.39 is 0 Å². The summed E-state index contributed by atoms with van der Waals surface area (Å²) in [6, 6.07) is 11.1. The summed E-state index contributed by atoms with van der Waals surface area (Å²) in [7, 11) is 0. The van der Waals surface area contributed by atoms with Gasteiger partial charge in [0.05, 0.1) is 12.2 Å². The van der Waals surface area contributed by atoms with Gasteiger partial charge >= 0.3 is 6.03 Å². The van der Waals surface area contributed by atoms with Crippen molar-refractivity contribution >= 4 is 11.7 Å².